The van der Waals surface area contributed by atoms with Crippen molar-refractivity contribution >= 4 is 124 Å². The molecule has 0 radical (unpaired) electrons. The second-order valence-corrected chi connectivity index (χ2v) is 32.1. The van der Waals surface area contributed by atoms with Crippen molar-refractivity contribution in [1.82, 2.24) is 9.13 Å². The average molecular weight is 1700 g/mol. The van der Waals surface area contributed by atoms with Crippen LogP contribution in [0.3, 0.4) is 0 Å². The Balaban J connectivity index is 0.729. The maximum atomic E-state index is 12.6. The van der Waals surface area contributed by atoms with Gasteiger partial charge in [0.2, 0.25) is 0 Å². The van der Waals surface area contributed by atoms with Gasteiger partial charge in [0.25, 0.3) is 10.1 Å². The summed E-state index contributed by atoms with van der Waals surface area (Å²) in [7, 11) is 8.93. The topological polar surface area (TPSA) is 154 Å². The standard InChI is InChI=1S/C108H97N7O11S/c1-13-94(119-5)15-14-67-109(80-32-49-95(120-6)50-33-80)73(2)69-102-75(4)111(106-63-46-91(70-103(102)106)112(84-34-51-96(121-7)52-35-84)85-36-53-97(122-8)54-37-85)83-28-20-78(21-29-83)76-16-24-81(25-17-76)110(68-66-74(3)127(116,117)118)82-26-18-77(19-27-82)79-22-30-90(31-23-79)115-107-64-47-92(113(86-38-55-98(123-9)56-39-86)87-40-57-99(124-10)58-41-87)71-104(107)105-72-93(48-65-108(105)115)114(88-42-59-100(125-11)60-43-88)89-44-61-101(126-12)62-45-89/h13-65,67,69-72,74H,1-2,4,66,68H2,3,5-12H3,(H,116,117,118)/b67-14+,94-15+,102-69+. The fraction of sp³-hybridized carbons (Fsp3) is 0.111. The van der Waals surface area contributed by atoms with E-state index in [9.17, 15) is 13.0 Å². The first-order chi connectivity index (χ1) is 61.9. The monoisotopic (exact) mass is 1700 g/mol. The van der Waals surface area contributed by atoms with Crippen LogP contribution in [-0.2, 0) is 14.9 Å². The number of rotatable bonds is 33. The summed E-state index contributed by atoms with van der Waals surface area (Å²) in [6, 6.07) is 110. The molecule has 2 aromatic heterocycles. The summed E-state index contributed by atoms with van der Waals surface area (Å²) in [5.74, 6) is 5.79. The molecule has 0 spiro atoms. The Bertz CT molecular complexity index is 6630. The number of aromatic nitrogens is 2. The smallest absolute Gasteiger partial charge is 0.267 e. The molecular weight excluding hydrogens is 1600 g/mol. The van der Waals surface area contributed by atoms with Crippen molar-refractivity contribution in [2.45, 2.75) is 18.6 Å². The van der Waals surface area contributed by atoms with E-state index in [1.165, 1.54) is 6.92 Å². The largest absolute Gasteiger partial charge is 0.497 e. The molecule has 16 rings (SSSR count). The molecule has 1 atom stereocenters. The van der Waals surface area contributed by atoms with Gasteiger partial charge < -0.3 is 71.5 Å². The molecular formula is C108H97N7O11S. The number of allylic oxidation sites excluding steroid dienone is 4. The second-order valence-electron chi connectivity index (χ2n) is 30.3. The van der Waals surface area contributed by atoms with Crippen LogP contribution in [0, 0.1) is 0 Å². The highest BCUT2D eigenvalue weighted by Gasteiger charge is 2.25. The van der Waals surface area contributed by atoms with Gasteiger partial charge in [0.1, 0.15) is 46.0 Å². The second kappa shape index (κ2) is 37.6. The molecule has 18 nitrogen and oxygen atoms in total. The molecule has 636 valence electrons. The maximum absolute atomic E-state index is 12.6. The van der Waals surface area contributed by atoms with Gasteiger partial charge in [-0.3, -0.25) is 4.55 Å². The molecule has 127 heavy (non-hydrogen) atoms. The Hall–Kier alpha value is -15.6. The molecule has 16 aromatic rings. The van der Waals surface area contributed by atoms with E-state index in [1.54, 1.807) is 63.0 Å². The minimum absolute atomic E-state index is 0.159. The summed E-state index contributed by atoms with van der Waals surface area (Å²) in [6.07, 6.45) is 9.54. The highest BCUT2D eigenvalue weighted by Crippen LogP contribution is 2.46. The third-order valence-electron chi connectivity index (χ3n) is 23.0. The van der Waals surface area contributed by atoms with Crippen molar-refractivity contribution in [1.29, 1.82) is 0 Å². The molecule has 0 aliphatic heterocycles. The van der Waals surface area contributed by atoms with Gasteiger partial charge in [-0.15, -0.1) is 0 Å². The summed E-state index contributed by atoms with van der Waals surface area (Å²) in [5.41, 5.74) is 20.2. The van der Waals surface area contributed by atoms with Crippen molar-refractivity contribution in [2.75, 3.05) is 87.9 Å². The Labute approximate surface area is 740 Å². The fourth-order valence-corrected chi connectivity index (χ4v) is 16.5. The van der Waals surface area contributed by atoms with Crippen LogP contribution in [0.5, 0.6) is 40.2 Å². The summed E-state index contributed by atoms with van der Waals surface area (Å²) in [6.45, 7) is 15.3. The maximum Gasteiger partial charge on any atom is 0.267 e. The van der Waals surface area contributed by atoms with Crippen molar-refractivity contribution in [3.8, 4) is 73.9 Å². The summed E-state index contributed by atoms with van der Waals surface area (Å²) in [4.78, 5) is 10.8. The van der Waals surface area contributed by atoms with Crippen LogP contribution in [0.1, 0.15) is 13.3 Å². The Kier molecular flexibility index (Phi) is 25.2. The lowest BCUT2D eigenvalue weighted by molar-refractivity contribution is 0.307. The van der Waals surface area contributed by atoms with Crippen LogP contribution in [0.25, 0.3) is 79.0 Å². The Morgan fingerprint density at radius 1 is 0.378 bits per heavy atom. The fourth-order valence-electron chi connectivity index (χ4n) is 16.1. The van der Waals surface area contributed by atoms with Crippen molar-refractivity contribution in [3.05, 3.63) is 381 Å². The SMILES string of the molecule is C=C/C(=C\C=C\N(C(=C)/C=c1\c(=C)n(-c2ccc(-c3ccc(N(CCC(C)S(=O)(=O)O)c4ccc(-c5ccc(-n6c7ccc(N(c8ccc(OC)cc8)c8ccc(OC)cc8)cc7c7cc(N(c8ccc(OC)cc8)c8ccc(OC)cc8)ccc76)cc5)cc4)cc3)cc2)c2ccc(N(c3ccc(OC)cc3)c3ccc(OC)cc3)cc12)c1ccc(OC)cc1)OC. The van der Waals surface area contributed by atoms with E-state index in [1.807, 2.05) is 145 Å². The number of hydrogen-bond donors (Lipinski definition) is 1. The van der Waals surface area contributed by atoms with Crippen LogP contribution >= 0.6 is 0 Å². The molecule has 14 aromatic carbocycles. The van der Waals surface area contributed by atoms with Gasteiger partial charge in [0.05, 0.1) is 78.7 Å². The first-order valence-corrected chi connectivity index (χ1v) is 42.9. The highest BCUT2D eigenvalue weighted by atomic mass is 32.2. The van der Waals surface area contributed by atoms with Gasteiger partial charge in [-0.1, -0.05) is 68.3 Å². The first kappa shape index (κ1) is 85.0. The summed E-state index contributed by atoms with van der Waals surface area (Å²) >= 11 is 0. The van der Waals surface area contributed by atoms with Crippen LogP contribution in [0.15, 0.2) is 371 Å². The van der Waals surface area contributed by atoms with E-state index in [-0.39, 0.29) is 6.42 Å². The van der Waals surface area contributed by atoms with Crippen LogP contribution < -0.4 is 68.2 Å². The van der Waals surface area contributed by atoms with Gasteiger partial charge in [0.15, 0.2) is 0 Å². The predicted octanol–water partition coefficient (Wildman–Crippen LogP) is 24.8. The van der Waals surface area contributed by atoms with Crippen molar-refractivity contribution in [3.63, 3.8) is 0 Å². The molecule has 0 aliphatic carbocycles. The van der Waals surface area contributed by atoms with Crippen molar-refractivity contribution < 1.29 is 50.9 Å². The van der Waals surface area contributed by atoms with E-state index in [0.29, 0.717) is 23.8 Å². The number of hydrogen-bond acceptors (Lipinski definition) is 15. The zero-order valence-corrected chi connectivity index (χ0v) is 73.0. The highest BCUT2D eigenvalue weighted by molar-refractivity contribution is 7.86. The Morgan fingerprint density at radius 3 is 0.969 bits per heavy atom. The molecule has 1 unspecified atom stereocenters. The van der Waals surface area contributed by atoms with Gasteiger partial charge >= 0.3 is 0 Å². The lowest BCUT2D eigenvalue weighted by atomic mass is 10.0. The predicted molar refractivity (Wildman–Crippen MR) is 519 cm³/mol. The zero-order valence-electron chi connectivity index (χ0n) is 72.2. The van der Waals surface area contributed by atoms with E-state index < -0.39 is 15.4 Å². The molecule has 2 heterocycles. The van der Waals surface area contributed by atoms with Gasteiger partial charge in [-0.05, 0) is 333 Å². The van der Waals surface area contributed by atoms with E-state index in [0.717, 1.165) is 180 Å². The third kappa shape index (κ3) is 18.0. The molecule has 0 aliphatic rings. The normalized spacial score (nSPS) is 12.0. The van der Waals surface area contributed by atoms with Gasteiger partial charge in [0, 0.05) is 125 Å². The molecule has 0 saturated heterocycles. The number of methoxy groups -OCH3 is 8. The van der Waals surface area contributed by atoms with Gasteiger partial charge in [-0.2, -0.15) is 8.42 Å². The van der Waals surface area contributed by atoms with E-state index >= 15 is 0 Å². The van der Waals surface area contributed by atoms with E-state index in [2.05, 4.69) is 242 Å². The summed E-state index contributed by atoms with van der Waals surface area (Å²) < 4.78 is 84.9. The van der Waals surface area contributed by atoms with Crippen LogP contribution in [0.4, 0.5) is 68.2 Å². The zero-order chi connectivity index (χ0) is 88.4. The number of ether oxygens (including phenoxy) is 8. The molecule has 1 N–H and O–H groups in total. The molecule has 0 bridgehead atoms. The van der Waals surface area contributed by atoms with Crippen LogP contribution in [-0.4, -0.2) is 90.8 Å². The number of nitrogens with zero attached hydrogens (tertiary/aromatic N) is 7. The molecule has 19 heteroatoms. The van der Waals surface area contributed by atoms with Crippen molar-refractivity contribution in [2.24, 2.45) is 0 Å². The van der Waals surface area contributed by atoms with E-state index in [4.69, 9.17) is 51.1 Å². The lowest BCUT2D eigenvalue weighted by Crippen LogP contribution is -2.28. The first-order valence-electron chi connectivity index (χ1n) is 41.4. The number of anilines is 12. The number of benzene rings is 14. The Morgan fingerprint density at radius 2 is 0.661 bits per heavy atom. The minimum Gasteiger partial charge on any atom is -0.497 e. The number of fused-ring (bicyclic) bond motifs is 4. The third-order valence-corrected chi connectivity index (χ3v) is 24.3. The van der Waals surface area contributed by atoms with Crippen LogP contribution in [0.2, 0.25) is 0 Å². The molecule has 0 amide bonds. The average Bonchev–Trinajstić information content (AvgIpc) is 1.59. The summed E-state index contributed by atoms with van der Waals surface area (Å²) in [5, 5.41) is 3.55. The van der Waals surface area contributed by atoms with Gasteiger partial charge in [-0.25, -0.2) is 0 Å². The lowest BCUT2D eigenvalue weighted by Gasteiger charge is -2.26. The quantitative estimate of drug-likeness (QED) is 0.0235. The molecule has 0 fully saturated rings. The minimum atomic E-state index is -4.33. The molecule has 0 saturated carbocycles.